The molecular weight excluding hydrogens is 144 g/mol. The Kier molecular flexibility index (Phi) is 2.87. The molecule has 0 amide bonds. The second-order valence-electron chi connectivity index (χ2n) is 3.17. The summed E-state index contributed by atoms with van der Waals surface area (Å²) in [6.07, 6.45) is 1.75. The number of aliphatic hydroxyl groups excluding tert-OH is 1. The summed E-state index contributed by atoms with van der Waals surface area (Å²) in [6.45, 7) is 4.75. The van der Waals surface area contributed by atoms with Gasteiger partial charge in [-0.15, -0.1) is 0 Å². The Morgan fingerprint density at radius 1 is 1.64 bits per heavy atom. The fraction of sp³-hybridized carbons (Fsp3) is 1.00. The van der Waals surface area contributed by atoms with E-state index >= 15 is 0 Å². The van der Waals surface area contributed by atoms with Crippen LogP contribution in [0.1, 0.15) is 26.7 Å². The van der Waals surface area contributed by atoms with Gasteiger partial charge in [0.1, 0.15) is 0 Å². The van der Waals surface area contributed by atoms with Crippen LogP contribution in [0.5, 0.6) is 0 Å². The van der Waals surface area contributed by atoms with Crippen LogP contribution in [0, 0.1) is 0 Å². The minimum Gasteiger partial charge on any atom is -0.396 e. The Morgan fingerprint density at radius 3 is 2.91 bits per heavy atom. The highest BCUT2D eigenvalue weighted by molar-refractivity contribution is 4.69. The second kappa shape index (κ2) is 3.52. The van der Waals surface area contributed by atoms with Gasteiger partial charge in [-0.25, -0.2) is 0 Å². The van der Waals surface area contributed by atoms with Crippen LogP contribution >= 0.6 is 0 Å². The monoisotopic (exact) mass is 160 g/mol. The fourth-order valence-electron chi connectivity index (χ4n) is 1.29. The third kappa shape index (κ3) is 2.43. The van der Waals surface area contributed by atoms with E-state index in [4.69, 9.17) is 14.6 Å². The number of rotatable bonds is 2. The molecule has 1 saturated heterocycles. The molecule has 1 N–H and O–H groups in total. The normalized spacial score (nSPS) is 39.0. The van der Waals surface area contributed by atoms with Gasteiger partial charge in [0.05, 0.1) is 12.7 Å². The smallest absolute Gasteiger partial charge is 0.168 e. The van der Waals surface area contributed by atoms with Crippen molar-refractivity contribution in [2.45, 2.75) is 38.6 Å². The van der Waals surface area contributed by atoms with Crippen molar-refractivity contribution in [2.24, 2.45) is 0 Å². The van der Waals surface area contributed by atoms with Crippen molar-refractivity contribution in [3.8, 4) is 0 Å². The van der Waals surface area contributed by atoms with Gasteiger partial charge in [-0.05, 0) is 20.3 Å². The molecule has 0 saturated carbocycles. The van der Waals surface area contributed by atoms with Gasteiger partial charge in [-0.3, -0.25) is 0 Å². The van der Waals surface area contributed by atoms with Crippen molar-refractivity contribution in [3.63, 3.8) is 0 Å². The lowest BCUT2D eigenvalue weighted by molar-refractivity contribution is -0.284. The molecule has 0 aromatic carbocycles. The first-order valence-corrected chi connectivity index (χ1v) is 4.09. The van der Waals surface area contributed by atoms with Crippen molar-refractivity contribution in [2.75, 3.05) is 13.2 Å². The number of aliphatic hydroxyl groups is 1. The Hall–Kier alpha value is -0.120. The van der Waals surface area contributed by atoms with E-state index in [2.05, 4.69) is 0 Å². The van der Waals surface area contributed by atoms with E-state index < -0.39 is 5.79 Å². The van der Waals surface area contributed by atoms with Gasteiger partial charge < -0.3 is 14.6 Å². The molecule has 0 aromatic rings. The Balaban J connectivity index is 2.41. The molecule has 11 heavy (non-hydrogen) atoms. The van der Waals surface area contributed by atoms with Crippen LogP contribution in [0.2, 0.25) is 0 Å². The Labute approximate surface area is 67.3 Å². The molecule has 0 radical (unpaired) electrons. The highest BCUT2D eigenvalue weighted by Crippen LogP contribution is 2.25. The lowest BCUT2D eigenvalue weighted by Crippen LogP contribution is -2.41. The molecule has 0 spiro atoms. The molecule has 1 rings (SSSR count). The molecule has 0 bridgehead atoms. The first-order valence-electron chi connectivity index (χ1n) is 4.09. The summed E-state index contributed by atoms with van der Waals surface area (Å²) in [5.41, 5.74) is 0. The minimum absolute atomic E-state index is 0.114. The first-order chi connectivity index (χ1) is 5.16. The zero-order valence-electron chi connectivity index (χ0n) is 7.17. The maximum absolute atomic E-state index is 8.71. The van der Waals surface area contributed by atoms with E-state index in [1.165, 1.54) is 0 Å². The van der Waals surface area contributed by atoms with Crippen molar-refractivity contribution in [1.82, 2.24) is 0 Å². The largest absolute Gasteiger partial charge is 0.396 e. The van der Waals surface area contributed by atoms with Gasteiger partial charge in [0.25, 0.3) is 0 Å². The van der Waals surface area contributed by atoms with Crippen LogP contribution in [0.3, 0.4) is 0 Å². The first kappa shape index (κ1) is 8.97. The molecule has 1 fully saturated rings. The molecule has 3 heteroatoms. The third-order valence-corrected chi connectivity index (χ3v) is 1.95. The second-order valence-corrected chi connectivity index (χ2v) is 3.17. The molecule has 2 unspecified atom stereocenters. The Morgan fingerprint density at radius 2 is 2.36 bits per heavy atom. The topological polar surface area (TPSA) is 38.7 Å². The minimum atomic E-state index is -0.549. The quantitative estimate of drug-likeness (QED) is 0.652. The van der Waals surface area contributed by atoms with Gasteiger partial charge in [-0.2, -0.15) is 0 Å². The third-order valence-electron chi connectivity index (χ3n) is 1.95. The van der Waals surface area contributed by atoms with E-state index in [9.17, 15) is 0 Å². The van der Waals surface area contributed by atoms with E-state index in [0.29, 0.717) is 6.42 Å². The molecule has 2 atom stereocenters. The lowest BCUT2D eigenvalue weighted by atomic mass is 10.1. The zero-order chi connectivity index (χ0) is 8.32. The van der Waals surface area contributed by atoms with Crippen LogP contribution in [-0.2, 0) is 9.47 Å². The van der Waals surface area contributed by atoms with E-state index in [1.54, 1.807) is 0 Å². The average molecular weight is 160 g/mol. The van der Waals surface area contributed by atoms with Crippen LogP contribution < -0.4 is 0 Å². The van der Waals surface area contributed by atoms with Crippen molar-refractivity contribution < 1.29 is 14.6 Å². The maximum atomic E-state index is 8.71. The molecule has 1 aliphatic rings. The van der Waals surface area contributed by atoms with E-state index in [-0.39, 0.29) is 12.7 Å². The highest BCUT2D eigenvalue weighted by Gasteiger charge is 2.31. The van der Waals surface area contributed by atoms with Crippen molar-refractivity contribution >= 4 is 0 Å². The van der Waals surface area contributed by atoms with Crippen LogP contribution in [0.4, 0.5) is 0 Å². The molecule has 1 aliphatic heterocycles. The molecule has 0 aromatic heterocycles. The van der Waals surface area contributed by atoms with Gasteiger partial charge in [-0.1, -0.05) is 0 Å². The standard InChI is InChI=1S/C8H16O3/c1-7-3-6-10-8(2,11-7)4-5-9/h7,9H,3-6H2,1-2H3. The SMILES string of the molecule is CC1CCOC(C)(CCO)O1. The number of hydrogen-bond donors (Lipinski definition) is 1. The van der Waals surface area contributed by atoms with Crippen LogP contribution in [0.25, 0.3) is 0 Å². The van der Waals surface area contributed by atoms with Crippen molar-refractivity contribution in [1.29, 1.82) is 0 Å². The van der Waals surface area contributed by atoms with Crippen LogP contribution in [-0.4, -0.2) is 30.2 Å². The van der Waals surface area contributed by atoms with E-state index in [0.717, 1.165) is 13.0 Å². The number of hydrogen-bond acceptors (Lipinski definition) is 3. The van der Waals surface area contributed by atoms with Gasteiger partial charge in [0, 0.05) is 13.0 Å². The summed E-state index contributed by atoms with van der Waals surface area (Å²) >= 11 is 0. The lowest BCUT2D eigenvalue weighted by Gasteiger charge is -2.37. The Bertz CT molecular complexity index is 123. The summed E-state index contributed by atoms with van der Waals surface area (Å²) in [5, 5.41) is 8.71. The van der Waals surface area contributed by atoms with Gasteiger partial charge >= 0.3 is 0 Å². The van der Waals surface area contributed by atoms with Gasteiger partial charge in [0.15, 0.2) is 5.79 Å². The fourth-order valence-corrected chi connectivity index (χ4v) is 1.29. The maximum Gasteiger partial charge on any atom is 0.168 e. The summed E-state index contributed by atoms with van der Waals surface area (Å²) in [4.78, 5) is 0. The van der Waals surface area contributed by atoms with Crippen molar-refractivity contribution in [3.05, 3.63) is 0 Å². The summed E-state index contributed by atoms with van der Waals surface area (Å²) < 4.78 is 10.9. The summed E-state index contributed by atoms with van der Waals surface area (Å²) in [5.74, 6) is -0.549. The molecule has 0 aliphatic carbocycles. The molecule has 3 nitrogen and oxygen atoms in total. The predicted molar refractivity (Wildman–Crippen MR) is 41.2 cm³/mol. The summed E-state index contributed by atoms with van der Waals surface area (Å²) in [6, 6.07) is 0. The van der Waals surface area contributed by atoms with Gasteiger partial charge in [0.2, 0.25) is 0 Å². The molecule has 66 valence electrons. The zero-order valence-corrected chi connectivity index (χ0v) is 7.17. The number of ether oxygens (including phenoxy) is 2. The summed E-state index contributed by atoms with van der Waals surface area (Å²) in [7, 11) is 0. The molecular formula is C8H16O3. The van der Waals surface area contributed by atoms with E-state index in [1.807, 2.05) is 13.8 Å². The van der Waals surface area contributed by atoms with Crippen LogP contribution in [0.15, 0.2) is 0 Å². The molecule has 1 heterocycles. The predicted octanol–water partition coefficient (Wildman–Crippen LogP) is 0.910. The highest BCUT2D eigenvalue weighted by atomic mass is 16.7. The average Bonchev–Trinajstić information content (AvgIpc) is 1.86.